The standard InChI is InChI=1S/C36H27N2OP/c39-40(30-19-8-3-9-20-30,31-21-14-26-37-27-31)38-34-24-12-10-22-32(34)36(28-15-4-1-5-16-28,29-17-6-2-7-18-29)33-23-11-13-25-35(33)38/h1-27H. The molecule has 0 spiro atoms. The summed E-state index contributed by atoms with van der Waals surface area (Å²) in [5.74, 6) is 0. The zero-order valence-corrected chi connectivity index (χ0v) is 22.7. The average Bonchev–Trinajstić information content (AvgIpc) is 3.05. The second-order valence-electron chi connectivity index (χ2n) is 9.95. The van der Waals surface area contributed by atoms with Crippen molar-refractivity contribution in [3.8, 4) is 0 Å². The summed E-state index contributed by atoms with van der Waals surface area (Å²) in [5.41, 5.74) is 5.74. The molecule has 5 aromatic carbocycles. The van der Waals surface area contributed by atoms with Gasteiger partial charge in [-0.3, -0.25) is 14.2 Å². The van der Waals surface area contributed by atoms with E-state index in [4.69, 9.17) is 0 Å². The monoisotopic (exact) mass is 534 g/mol. The number of pyridine rings is 1. The number of benzene rings is 5. The zero-order valence-electron chi connectivity index (χ0n) is 21.8. The van der Waals surface area contributed by atoms with Gasteiger partial charge in [0, 0.05) is 17.7 Å². The van der Waals surface area contributed by atoms with E-state index < -0.39 is 12.7 Å². The molecule has 1 unspecified atom stereocenters. The van der Waals surface area contributed by atoms with E-state index in [1.807, 2.05) is 54.6 Å². The van der Waals surface area contributed by atoms with E-state index in [-0.39, 0.29) is 0 Å². The molecule has 0 bridgehead atoms. The highest BCUT2D eigenvalue weighted by molar-refractivity contribution is 7.80. The van der Waals surface area contributed by atoms with Crippen molar-refractivity contribution in [3.63, 3.8) is 0 Å². The molecule has 0 amide bonds. The van der Waals surface area contributed by atoms with Crippen LogP contribution in [0.1, 0.15) is 22.3 Å². The molecule has 7 rings (SSSR count). The first-order valence-electron chi connectivity index (χ1n) is 13.4. The van der Waals surface area contributed by atoms with Gasteiger partial charge in [0.25, 0.3) is 0 Å². The summed E-state index contributed by atoms with van der Waals surface area (Å²) in [7, 11) is -3.43. The maximum Gasteiger partial charge on any atom is 0.235 e. The van der Waals surface area contributed by atoms with Crippen LogP contribution in [0, 0.1) is 0 Å². The van der Waals surface area contributed by atoms with Gasteiger partial charge in [0.05, 0.1) is 22.1 Å². The number of anilines is 2. The fourth-order valence-corrected chi connectivity index (χ4v) is 9.04. The fourth-order valence-electron chi connectivity index (χ4n) is 6.24. The molecule has 1 aromatic heterocycles. The van der Waals surface area contributed by atoms with E-state index in [2.05, 4.69) is 107 Å². The Bertz CT molecular complexity index is 1690. The lowest BCUT2D eigenvalue weighted by Gasteiger charge is -2.48. The van der Waals surface area contributed by atoms with Crippen molar-refractivity contribution in [2.75, 3.05) is 4.67 Å². The molecule has 0 saturated carbocycles. The Kier molecular flexibility index (Phi) is 5.95. The minimum Gasteiger partial charge on any atom is -0.289 e. The number of fused-ring (bicyclic) bond motifs is 2. The van der Waals surface area contributed by atoms with Crippen LogP contribution >= 0.6 is 7.29 Å². The van der Waals surface area contributed by atoms with Crippen molar-refractivity contribution >= 4 is 29.3 Å². The van der Waals surface area contributed by atoms with Crippen molar-refractivity contribution in [2.24, 2.45) is 0 Å². The van der Waals surface area contributed by atoms with Crippen LogP contribution in [0.3, 0.4) is 0 Å². The zero-order chi connectivity index (χ0) is 27.0. The second-order valence-corrected chi connectivity index (χ2v) is 12.5. The summed E-state index contributed by atoms with van der Waals surface area (Å²) in [4.78, 5) is 4.41. The van der Waals surface area contributed by atoms with Gasteiger partial charge in [0.15, 0.2) is 0 Å². The third-order valence-electron chi connectivity index (χ3n) is 7.87. The first kappa shape index (κ1) is 24.3. The third kappa shape index (κ3) is 3.52. The number of hydrogen-bond acceptors (Lipinski definition) is 2. The highest BCUT2D eigenvalue weighted by atomic mass is 31.2. The molecule has 3 nitrogen and oxygen atoms in total. The average molecular weight is 535 g/mol. The van der Waals surface area contributed by atoms with Crippen molar-refractivity contribution < 1.29 is 4.57 Å². The molecule has 1 atom stereocenters. The van der Waals surface area contributed by atoms with Crippen molar-refractivity contribution in [1.29, 1.82) is 0 Å². The summed E-state index contributed by atoms with van der Waals surface area (Å²) in [6, 6.07) is 51.8. The number of rotatable bonds is 5. The second kappa shape index (κ2) is 9.79. The lowest BCUT2D eigenvalue weighted by molar-refractivity contribution is 0.586. The van der Waals surface area contributed by atoms with Gasteiger partial charge in [-0.25, -0.2) is 0 Å². The smallest absolute Gasteiger partial charge is 0.235 e. The van der Waals surface area contributed by atoms with Crippen LogP contribution in [0.2, 0.25) is 0 Å². The number of hydrogen-bond donors (Lipinski definition) is 0. The van der Waals surface area contributed by atoms with Gasteiger partial charge in [0.2, 0.25) is 7.29 Å². The summed E-state index contributed by atoms with van der Waals surface area (Å²) in [6.45, 7) is 0. The fraction of sp³-hybridized carbons (Fsp3) is 0.0278. The van der Waals surface area contributed by atoms with Crippen LogP contribution in [0.4, 0.5) is 11.4 Å². The maximum atomic E-state index is 15.9. The van der Waals surface area contributed by atoms with E-state index in [1.54, 1.807) is 12.4 Å². The van der Waals surface area contributed by atoms with Crippen molar-refractivity contribution in [1.82, 2.24) is 4.98 Å². The molecular formula is C36H27N2OP. The molecule has 2 heterocycles. The van der Waals surface area contributed by atoms with Crippen LogP contribution in [0.25, 0.3) is 0 Å². The van der Waals surface area contributed by atoms with Crippen LogP contribution in [0.5, 0.6) is 0 Å². The molecule has 192 valence electrons. The minimum atomic E-state index is -3.43. The molecular weight excluding hydrogens is 507 g/mol. The topological polar surface area (TPSA) is 33.2 Å². The normalized spacial score (nSPS) is 14.9. The molecule has 1 aliphatic heterocycles. The van der Waals surface area contributed by atoms with Crippen LogP contribution in [0.15, 0.2) is 164 Å². The van der Waals surface area contributed by atoms with Gasteiger partial charge in [-0.1, -0.05) is 115 Å². The van der Waals surface area contributed by atoms with Crippen molar-refractivity contribution in [3.05, 3.63) is 186 Å². The van der Waals surface area contributed by atoms with Gasteiger partial charge in [-0.15, -0.1) is 0 Å². The highest BCUT2D eigenvalue weighted by Crippen LogP contribution is 2.64. The Morgan fingerprint density at radius 2 is 0.950 bits per heavy atom. The van der Waals surface area contributed by atoms with Crippen LogP contribution < -0.4 is 15.3 Å². The lowest BCUT2D eigenvalue weighted by atomic mass is 9.63. The first-order valence-corrected chi connectivity index (χ1v) is 15.1. The molecule has 0 aliphatic carbocycles. The van der Waals surface area contributed by atoms with E-state index in [9.17, 15) is 0 Å². The van der Waals surface area contributed by atoms with Gasteiger partial charge < -0.3 is 0 Å². The molecule has 0 saturated heterocycles. The van der Waals surface area contributed by atoms with Gasteiger partial charge in [0.1, 0.15) is 0 Å². The Balaban J connectivity index is 1.64. The predicted molar refractivity (Wildman–Crippen MR) is 164 cm³/mol. The quantitative estimate of drug-likeness (QED) is 0.211. The van der Waals surface area contributed by atoms with E-state index in [0.717, 1.165) is 38.9 Å². The Labute approximate surface area is 234 Å². The molecule has 0 radical (unpaired) electrons. The number of aromatic nitrogens is 1. The van der Waals surface area contributed by atoms with Gasteiger partial charge in [-0.2, -0.15) is 0 Å². The molecule has 40 heavy (non-hydrogen) atoms. The molecule has 4 heteroatoms. The first-order chi connectivity index (χ1) is 19.8. The summed E-state index contributed by atoms with van der Waals surface area (Å²) >= 11 is 0. The highest BCUT2D eigenvalue weighted by Gasteiger charge is 2.50. The Hall–Kier alpha value is -4.72. The Morgan fingerprint density at radius 1 is 0.500 bits per heavy atom. The molecule has 6 aromatic rings. The third-order valence-corrected chi connectivity index (χ3v) is 10.8. The predicted octanol–water partition coefficient (Wildman–Crippen LogP) is 7.84. The minimum absolute atomic E-state index is 0.608. The van der Waals surface area contributed by atoms with Crippen LogP contribution in [-0.2, 0) is 9.98 Å². The largest absolute Gasteiger partial charge is 0.289 e. The maximum absolute atomic E-state index is 15.9. The summed E-state index contributed by atoms with van der Waals surface area (Å²) in [5, 5.41) is 1.46. The van der Waals surface area contributed by atoms with E-state index in [0.29, 0.717) is 5.30 Å². The summed E-state index contributed by atoms with van der Waals surface area (Å²) in [6.07, 6.45) is 3.47. The van der Waals surface area contributed by atoms with Gasteiger partial charge >= 0.3 is 0 Å². The molecule has 1 aliphatic rings. The van der Waals surface area contributed by atoms with Crippen LogP contribution in [-0.4, -0.2) is 4.98 Å². The summed E-state index contributed by atoms with van der Waals surface area (Å²) < 4.78 is 18.0. The SMILES string of the molecule is O=P(c1ccccc1)(c1cccnc1)N1c2ccccc2C(c2ccccc2)(c2ccccc2)c2ccccc21. The lowest BCUT2D eigenvalue weighted by Crippen LogP contribution is -2.40. The Morgan fingerprint density at radius 3 is 1.45 bits per heavy atom. The van der Waals surface area contributed by atoms with E-state index in [1.165, 1.54) is 0 Å². The van der Waals surface area contributed by atoms with Crippen molar-refractivity contribution in [2.45, 2.75) is 5.41 Å². The molecule has 0 N–H and O–H groups in total. The number of para-hydroxylation sites is 2. The van der Waals surface area contributed by atoms with Gasteiger partial charge in [-0.05, 0) is 58.7 Å². The molecule has 0 fully saturated rings. The van der Waals surface area contributed by atoms with E-state index >= 15 is 4.57 Å². The number of nitrogens with zero attached hydrogens (tertiary/aromatic N) is 2.